The number of hydrogen-bond donors (Lipinski definition) is 2. The van der Waals surface area contributed by atoms with E-state index >= 15 is 0 Å². The van der Waals surface area contributed by atoms with E-state index in [-0.39, 0.29) is 12.2 Å². The first-order chi connectivity index (χ1) is 17.8. The van der Waals surface area contributed by atoms with Crippen LogP contribution in [0.2, 0.25) is 0 Å². The highest BCUT2D eigenvalue weighted by Gasteiger charge is 2.19. The number of halogens is 1. The summed E-state index contributed by atoms with van der Waals surface area (Å²) in [4.78, 5) is 27.8. The molecule has 0 atom stereocenters. The van der Waals surface area contributed by atoms with Crippen LogP contribution in [0.5, 0.6) is 5.75 Å². The largest absolute Gasteiger partial charge is 0.494 e. The van der Waals surface area contributed by atoms with Crippen molar-refractivity contribution in [3.05, 3.63) is 66.0 Å². The Kier molecular flexibility index (Phi) is 7.73. The minimum atomic E-state index is -0.511. The van der Waals surface area contributed by atoms with E-state index < -0.39 is 5.82 Å². The summed E-state index contributed by atoms with van der Waals surface area (Å²) in [7, 11) is 7.19. The van der Waals surface area contributed by atoms with Crippen molar-refractivity contribution >= 4 is 28.8 Å². The number of carbonyl (C=O) groups is 1. The molecule has 0 amide bonds. The molecule has 2 N–H and O–H groups in total. The van der Waals surface area contributed by atoms with Crippen LogP contribution >= 0.6 is 0 Å². The summed E-state index contributed by atoms with van der Waals surface area (Å²) < 4.78 is 21.8. The Bertz CT molecular complexity index is 1400. The minimum absolute atomic E-state index is 0.116. The Balaban J connectivity index is 1.70. The molecule has 0 saturated carbocycles. The van der Waals surface area contributed by atoms with Crippen molar-refractivity contribution in [3.8, 4) is 17.1 Å². The van der Waals surface area contributed by atoms with Crippen LogP contribution < -0.4 is 15.4 Å². The number of aromatic nitrogens is 5. The third-order valence-corrected chi connectivity index (χ3v) is 5.47. The molecule has 3 heterocycles. The molecule has 0 radical (unpaired) electrons. The smallest absolute Gasteiger partial charge is 0.185 e. The molecule has 0 aliphatic heterocycles. The molecule has 4 aromatic rings. The Hall–Kier alpha value is -4.38. The number of ether oxygens (including phenoxy) is 1. The lowest BCUT2D eigenvalue weighted by Crippen LogP contribution is -2.11. The normalized spacial score (nSPS) is 11.0. The number of pyridine rings is 2. The van der Waals surface area contributed by atoms with Gasteiger partial charge in [0, 0.05) is 44.5 Å². The first-order valence-corrected chi connectivity index (χ1v) is 11.7. The van der Waals surface area contributed by atoms with Gasteiger partial charge >= 0.3 is 0 Å². The van der Waals surface area contributed by atoms with Crippen LogP contribution in [0.25, 0.3) is 11.4 Å². The number of hydrogen-bond acceptors (Lipinski definition) is 9. The van der Waals surface area contributed by atoms with E-state index in [2.05, 4.69) is 35.6 Å². The van der Waals surface area contributed by atoms with Gasteiger partial charge in [-0.2, -0.15) is 5.10 Å². The molecule has 37 heavy (non-hydrogen) atoms. The van der Waals surface area contributed by atoms with Crippen molar-refractivity contribution in [3.63, 3.8) is 0 Å². The third kappa shape index (κ3) is 6.07. The second-order valence-corrected chi connectivity index (χ2v) is 8.71. The van der Waals surface area contributed by atoms with Crippen LogP contribution in [0.15, 0.2) is 49.1 Å². The fourth-order valence-electron chi connectivity index (χ4n) is 3.81. The molecule has 4 rings (SSSR count). The van der Waals surface area contributed by atoms with Crippen molar-refractivity contribution in [1.29, 1.82) is 0 Å². The zero-order valence-electron chi connectivity index (χ0n) is 21.4. The molecule has 0 aliphatic carbocycles. The summed E-state index contributed by atoms with van der Waals surface area (Å²) in [5, 5.41) is 10.6. The van der Waals surface area contributed by atoms with Crippen LogP contribution in [0, 0.1) is 5.82 Å². The Labute approximate surface area is 214 Å². The zero-order chi connectivity index (χ0) is 26.5. The number of methoxy groups -OCH3 is 1. The lowest BCUT2D eigenvalue weighted by atomic mass is 10.1. The van der Waals surface area contributed by atoms with E-state index in [0.29, 0.717) is 45.7 Å². The Morgan fingerprint density at radius 3 is 2.46 bits per heavy atom. The number of benzene rings is 1. The van der Waals surface area contributed by atoms with Crippen molar-refractivity contribution in [2.75, 3.05) is 31.8 Å². The van der Waals surface area contributed by atoms with Crippen molar-refractivity contribution < 1.29 is 13.9 Å². The van der Waals surface area contributed by atoms with Gasteiger partial charge in [-0.15, -0.1) is 0 Å². The van der Waals surface area contributed by atoms with Gasteiger partial charge in [0.05, 0.1) is 29.6 Å². The number of carbonyl (C=O) groups excluding carboxylic acids is 1. The molecule has 0 fully saturated rings. The molecule has 3 aromatic heterocycles. The molecular weight excluding hydrogens is 475 g/mol. The highest BCUT2D eigenvalue weighted by molar-refractivity contribution is 6.02. The molecule has 1 aromatic carbocycles. The van der Waals surface area contributed by atoms with Gasteiger partial charge in [0.25, 0.3) is 0 Å². The van der Waals surface area contributed by atoms with Gasteiger partial charge in [0.15, 0.2) is 17.4 Å². The summed E-state index contributed by atoms with van der Waals surface area (Å²) in [6.45, 7) is 2.55. The topological polar surface area (TPSA) is 110 Å². The van der Waals surface area contributed by atoms with Crippen molar-refractivity contribution in [2.45, 2.75) is 19.9 Å². The summed E-state index contributed by atoms with van der Waals surface area (Å²) in [6, 6.07) is 8.13. The fraction of sp³-hybridized carbons (Fsp3) is 0.269. The molecular formula is C26H29FN8O2. The third-order valence-electron chi connectivity index (χ3n) is 5.47. The lowest BCUT2D eigenvalue weighted by molar-refractivity contribution is 0.0988. The van der Waals surface area contributed by atoms with E-state index in [1.54, 1.807) is 26.2 Å². The molecule has 0 unspecified atom stereocenters. The quantitative estimate of drug-likeness (QED) is 0.300. The van der Waals surface area contributed by atoms with Crippen LogP contribution in [0.3, 0.4) is 0 Å². The van der Waals surface area contributed by atoms with Gasteiger partial charge in [-0.25, -0.2) is 19.3 Å². The minimum Gasteiger partial charge on any atom is -0.494 e. The van der Waals surface area contributed by atoms with Crippen LogP contribution in [-0.2, 0) is 13.6 Å². The summed E-state index contributed by atoms with van der Waals surface area (Å²) in [6.07, 6.45) is 5.08. The maximum atomic E-state index is 14.7. The fourth-order valence-corrected chi connectivity index (χ4v) is 3.81. The monoisotopic (exact) mass is 504 g/mol. The van der Waals surface area contributed by atoms with Gasteiger partial charge in [0.1, 0.15) is 23.8 Å². The number of rotatable bonds is 10. The SMILES string of the molecule is CCC(=O)c1cnc(Nc2ccc(CN(C)C)cn2)cc1Nc1cc(F)cc(-c2ncn(C)n2)c1OC. The van der Waals surface area contributed by atoms with Gasteiger partial charge in [-0.3, -0.25) is 9.48 Å². The summed E-state index contributed by atoms with van der Waals surface area (Å²) in [5.41, 5.74) is 2.58. The summed E-state index contributed by atoms with van der Waals surface area (Å²) in [5.74, 6) is 1.09. The zero-order valence-corrected chi connectivity index (χ0v) is 21.4. The number of anilines is 4. The van der Waals surface area contributed by atoms with Crippen molar-refractivity contribution in [2.24, 2.45) is 7.05 Å². The number of Topliss-reactive ketones (excluding diaryl/α,β-unsaturated/α-hetero) is 1. The predicted molar refractivity (Wildman–Crippen MR) is 140 cm³/mol. The van der Waals surface area contributed by atoms with E-state index in [0.717, 1.165) is 12.1 Å². The average Bonchev–Trinajstić information content (AvgIpc) is 3.30. The maximum absolute atomic E-state index is 14.7. The maximum Gasteiger partial charge on any atom is 0.185 e. The van der Waals surface area contributed by atoms with E-state index in [1.807, 2.05) is 26.2 Å². The first kappa shape index (κ1) is 25.7. The molecule has 0 saturated heterocycles. The number of nitrogens with zero attached hydrogens (tertiary/aromatic N) is 6. The predicted octanol–water partition coefficient (Wildman–Crippen LogP) is 4.56. The van der Waals surface area contributed by atoms with E-state index in [9.17, 15) is 9.18 Å². The van der Waals surface area contributed by atoms with Crippen LogP contribution in [0.4, 0.5) is 27.4 Å². The van der Waals surface area contributed by atoms with E-state index in [4.69, 9.17) is 4.74 Å². The highest BCUT2D eigenvalue weighted by Crippen LogP contribution is 2.38. The van der Waals surface area contributed by atoms with Gasteiger partial charge < -0.3 is 20.3 Å². The Morgan fingerprint density at radius 1 is 1.05 bits per heavy atom. The molecule has 0 spiro atoms. The highest BCUT2D eigenvalue weighted by atomic mass is 19.1. The van der Waals surface area contributed by atoms with Crippen molar-refractivity contribution in [1.82, 2.24) is 29.6 Å². The first-order valence-electron chi connectivity index (χ1n) is 11.7. The van der Waals surface area contributed by atoms with Gasteiger partial charge in [-0.05, 0) is 31.8 Å². The standard InChI is InChI=1S/C26H29FN8O2/c1-6-22(36)19-13-29-24(32-23-8-7-16(12-28-23)14-34(2)3)11-20(19)31-21-10-17(27)9-18(25(21)37-5)26-30-15-35(4)33-26/h7-13,15H,6,14H2,1-5H3,(H2,28,29,31,32). The molecule has 10 nitrogen and oxygen atoms in total. The number of aryl methyl sites for hydroxylation is 1. The second-order valence-electron chi connectivity index (χ2n) is 8.71. The molecule has 11 heteroatoms. The molecule has 192 valence electrons. The van der Waals surface area contributed by atoms with Crippen LogP contribution in [0.1, 0.15) is 29.3 Å². The lowest BCUT2D eigenvalue weighted by Gasteiger charge is -2.17. The Morgan fingerprint density at radius 2 is 1.84 bits per heavy atom. The molecule has 0 bridgehead atoms. The second kappa shape index (κ2) is 11.1. The van der Waals surface area contributed by atoms with Gasteiger partial charge in [-0.1, -0.05) is 13.0 Å². The summed E-state index contributed by atoms with van der Waals surface area (Å²) >= 11 is 0. The number of ketones is 1. The average molecular weight is 505 g/mol. The van der Waals surface area contributed by atoms with Crippen LogP contribution in [-0.4, -0.2) is 56.6 Å². The number of nitrogens with one attached hydrogen (secondary N) is 2. The van der Waals surface area contributed by atoms with E-state index in [1.165, 1.54) is 36.4 Å². The van der Waals surface area contributed by atoms with Gasteiger partial charge in [0.2, 0.25) is 0 Å². The molecule has 0 aliphatic rings.